The van der Waals surface area contributed by atoms with Crippen molar-refractivity contribution >= 4 is 5.97 Å². The lowest BCUT2D eigenvalue weighted by Gasteiger charge is -2.00. The minimum Gasteiger partial charge on any atom is -0.476 e. The van der Waals surface area contributed by atoms with Gasteiger partial charge in [0.1, 0.15) is 5.69 Å². The zero-order valence-electron chi connectivity index (χ0n) is 10.2. The van der Waals surface area contributed by atoms with Gasteiger partial charge in [0, 0.05) is 5.56 Å². The molecule has 0 fully saturated rings. The van der Waals surface area contributed by atoms with Crippen LogP contribution in [0.3, 0.4) is 0 Å². The van der Waals surface area contributed by atoms with Crippen molar-refractivity contribution < 1.29 is 19.4 Å². The zero-order valence-corrected chi connectivity index (χ0v) is 10.2. The highest BCUT2D eigenvalue weighted by Crippen LogP contribution is 2.35. The van der Waals surface area contributed by atoms with Crippen LogP contribution in [0.25, 0.3) is 11.3 Å². The van der Waals surface area contributed by atoms with Gasteiger partial charge in [0.05, 0.1) is 6.54 Å². The summed E-state index contributed by atoms with van der Waals surface area (Å²) in [5, 5.41) is 17.3. The van der Waals surface area contributed by atoms with Gasteiger partial charge in [-0.25, -0.2) is 4.79 Å². The first-order valence-corrected chi connectivity index (χ1v) is 5.77. The largest absolute Gasteiger partial charge is 0.476 e. The number of hydrogen-bond donors (Lipinski definition) is 1. The van der Waals surface area contributed by atoms with Crippen molar-refractivity contribution in [1.29, 1.82) is 0 Å². The van der Waals surface area contributed by atoms with Crippen molar-refractivity contribution in [2.24, 2.45) is 0 Å². The van der Waals surface area contributed by atoms with E-state index in [1.807, 2.05) is 6.92 Å². The maximum Gasteiger partial charge on any atom is 0.358 e. The van der Waals surface area contributed by atoms with Crippen LogP contribution in [0.15, 0.2) is 18.2 Å². The lowest BCUT2D eigenvalue weighted by Crippen LogP contribution is -2.02. The lowest BCUT2D eigenvalue weighted by molar-refractivity contribution is 0.0690. The fraction of sp³-hybridized carbons (Fsp3) is 0.250. The van der Waals surface area contributed by atoms with E-state index in [9.17, 15) is 4.79 Å². The molecule has 19 heavy (non-hydrogen) atoms. The molecule has 3 rings (SSSR count). The molecule has 0 radical (unpaired) electrons. The van der Waals surface area contributed by atoms with Crippen LogP contribution in [0.1, 0.15) is 17.4 Å². The number of aryl methyl sites for hydroxylation is 1. The van der Waals surface area contributed by atoms with Gasteiger partial charge in [-0.3, -0.25) is 0 Å². The molecule has 0 saturated carbocycles. The van der Waals surface area contributed by atoms with Crippen molar-refractivity contribution in [3.8, 4) is 22.8 Å². The minimum absolute atomic E-state index is 0.0688. The van der Waals surface area contributed by atoms with Gasteiger partial charge in [0.25, 0.3) is 0 Å². The SMILES string of the molecule is CCn1nc(C(=O)O)c(-c2ccc3c(c2)OCO3)n1. The van der Waals surface area contributed by atoms with E-state index in [0.717, 1.165) is 0 Å². The van der Waals surface area contributed by atoms with Crippen LogP contribution in [0, 0.1) is 0 Å². The summed E-state index contributed by atoms with van der Waals surface area (Å²) >= 11 is 0. The Bertz CT molecular complexity index is 650. The number of carboxylic acids is 1. The quantitative estimate of drug-likeness (QED) is 0.898. The van der Waals surface area contributed by atoms with E-state index in [1.165, 1.54) is 4.80 Å². The molecule has 0 unspecified atom stereocenters. The van der Waals surface area contributed by atoms with Crippen LogP contribution in [-0.2, 0) is 6.54 Å². The normalized spacial score (nSPS) is 12.7. The Morgan fingerprint density at radius 2 is 2.16 bits per heavy atom. The van der Waals surface area contributed by atoms with E-state index in [0.29, 0.717) is 29.3 Å². The van der Waals surface area contributed by atoms with Gasteiger partial charge < -0.3 is 14.6 Å². The molecule has 0 amide bonds. The van der Waals surface area contributed by atoms with E-state index in [-0.39, 0.29) is 12.5 Å². The van der Waals surface area contributed by atoms with Crippen molar-refractivity contribution in [3.05, 3.63) is 23.9 Å². The van der Waals surface area contributed by atoms with E-state index in [2.05, 4.69) is 10.2 Å². The molecule has 0 bridgehead atoms. The highest BCUT2D eigenvalue weighted by Gasteiger charge is 2.21. The van der Waals surface area contributed by atoms with Gasteiger partial charge in [-0.1, -0.05) is 0 Å². The molecule has 0 atom stereocenters. The maximum absolute atomic E-state index is 11.2. The minimum atomic E-state index is -1.10. The fourth-order valence-corrected chi connectivity index (χ4v) is 1.87. The Labute approximate surface area is 108 Å². The summed E-state index contributed by atoms with van der Waals surface area (Å²) in [7, 11) is 0. The second-order valence-electron chi connectivity index (χ2n) is 3.96. The van der Waals surface area contributed by atoms with E-state index < -0.39 is 5.97 Å². The first kappa shape index (κ1) is 11.5. The number of carbonyl (C=O) groups is 1. The number of ether oxygens (including phenoxy) is 2. The van der Waals surface area contributed by atoms with Crippen molar-refractivity contribution in [3.63, 3.8) is 0 Å². The standard InChI is InChI=1S/C12H11N3O4/c1-2-15-13-10(11(14-15)12(16)17)7-3-4-8-9(5-7)19-6-18-8/h3-5H,2,6H2,1H3,(H,16,17). The van der Waals surface area contributed by atoms with Crippen LogP contribution in [0.2, 0.25) is 0 Å². The van der Waals surface area contributed by atoms with Gasteiger partial charge >= 0.3 is 5.97 Å². The number of benzene rings is 1. The molecule has 0 spiro atoms. The summed E-state index contributed by atoms with van der Waals surface area (Å²) < 4.78 is 10.5. The van der Waals surface area contributed by atoms with Gasteiger partial charge in [0.2, 0.25) is 6.79 Å². The van der Waals surface area contributed by atoms with Crippen LogP contribution >= 0.6 is 0 Å². The molecule has 7 nitrogen and oxygen atoms in total. The molecule has 1 aliphatic rings. The highest BCUT2D eigenvalue weighted by molar-refractivity contribution is 5.92. The third-order valence-corrected chi connectivity index (χ3v) is 2.79. The fourth-order valence-electron chi connectivity index (χ4n) is 1.87. The molecule has 2 heterocycles. The zero-order chi connectivity index (χ0) is 13.4. The van der Waals surface area contributed by atoms with Gasteiger partial charge in [0.15, 0.2) is 17.2 Å². The van der Waals surface area contributed by atoms with E-state index in [4.69, 9.17) is 14.6 Å². The summed E-state index contributed by atoms with van der Waals surface area (Å²) in [6, 6.07) is 5.18. The topological polar surface area (TPSA) is 86.5 Å². The molecule has 1 N–H and O–H groups in total. The predicted molar refractivity (Wildman–Crippen MR) is 64.2 cm³/mol. The smallest absolute Gasteiger partial charge is 0.358 e. The molecule has 2 aromatic rings. The van der Waals surface area contributed by atoms with Crippen LogP contribution < -0.4 is 9.47 Å². The highest BCUT2D eigenvalue weighted by atomic mass is 16.7. The monoisotopic (exact) mass is 261 g/mol. The third kappa shape index (κ3) is 1.88. The molecular weight excluding hydrogens is 250 g/mol. The second kappa shape index (κ2) is 4.27. The number of rotatable bonds is 3. The molecule has 7 heteroatoms. The summed E-state index contributed by atoms with van der Waals surface area (Å²) in [6.45, 7) is 2.52. The molecule has 1 aromatic heterocycles. The number of carboxylic acid groups (broad SMARTS) is 1. The van der Waals surface area contributed by atoms with E-state index in [1.54, 1.807) is 18.2 Å². The van der Waals surface area contributed by atoms with Crippen molar-refractivity contribution in [2.75, 3.05) is 6.79 Å². The molecule has 0 aliphatic carbocycles. The summed E-state index contributed by atoms with van der Waals surface area (Å²) in [5.41, 5.74) is 0.898. The van der Waals surface area contributed by atoms with Gasteiger partial charge in [-0.2, -0.15) is 9.90 Å². The molecule has 0 saturated heterocycles. The molecule has 1 aliphatic heterocycles. The molecular formula is C12H11N3O4. The van der Waals surface area contributed by atoms with E-state index >= 15 is 0 Å². The number of aromatic nitrogens is 3. The Kier molecular flexibility index (Phi) is 2.59. The second-order valence-corrected chi connectivity index (χ2v) is 3.96. The van der Waals surface area contributed by atoms with Crippen LogP contribution in [0.5, 0.6) is 11.5 Å². The van der Waals surface area contributed by atoms with Crippen molar-refractivity contribution in [1.82, 2.24) is 15.0 Å². The average Bonchev–Trinajstić information content (AvgIpc) is 3.04. The summed E-state index contributed by atoms with van der Waals surface area (Å²) in [5.74, 6) is 0.121. The van der Waals surface area contributed by atoms with Gasteiger partial charge in [-0.05, 0) is 25.1 Å². The number of fused-ring (bicyclic) bond motifs is 1. The summed E-state index contributed by atoms with van der Waals surface area (Å²) in [4.78, 5) is 12.5. The average molecular weight is 261 g/mol. The predicted octanol–water partition coefficient (Wildman–Crippen LogP) is 1.39. The number of aromatic carboxylic acids is 1. The Morgan fingerprint density at radius 3 is 2.89 bits per heavy atom. The summed E-state index contributed by atoms with van der Waals surface area (Å²) in [6.07, 6.45) is 0. The Balaban J connectivity index is 2.10. The van der Waals surface area contributed by atoms with Gasteiger partial charge in [-0.15, -0.1) is 5.10 Å². The van der Waals surface area contributed by atoms with Crippen LogP contribution in [0.4, 0.5) is 0 Å². The Morgan fingerprint density at radius 1 is 1.37 bits per heavy atom. The third-order valence-electron chi connectivity index (χ3n) is 2.79. The first-order valence-electron chi connectivity index (χ1n) is 5.77. The number of hydrogen-bond acceptors (Lipinski definition) is 5. The molecule has 98 valence electrons. The maximum atomic E-state index is 11.2. The van der Waals surface area contributed by atoms with Crippen LogP contribution in [-0.4, -0.2) is 32.9 Å². The first-order chi connectivity index (χ1) is 9.19. The number of nitrogens with zero attached hydrogens (tertiary/aromatic N) is 3. The lowest BCUT2D eigenvalue weighted by atomic mass is 10.1. The Hall–Kier alpha value is -2.57. The van der Waals surface area contributed by atoms with Crippen molar-refractivity contribution in [2.45, 2.75) is 13.5 Å². The molecule has 1 aromatic carbocycles.